The maximum Gasteiger partial charge on any atom is 0.352 e. The summed E-state index contributed by atoms with van der Waals surface area (Å²) in [5, 5.41) is 12.1. The standard InChI is InChI=1S/C14H21N3O3/c1-8-11(9(2)15-12(8)14(19)20)13(18)16-10-5-4-6-17(3)7-10/h10,15H,4-7H2,1-3H3,(H,16,18)(H,19,20). The first-order chi connectivity index (χ1) is 9.40. The Bertz CT molecular complexity index is 536. The molecule has 2 heterocycles. The van der Waals surface area contributed by atoms with Gasteiger partial charge in [-0.25, -0.2) is 4.79 Å². The number of hydrogen-bond donors (Lipinski definition) is 3. The predicted molar refractivity (Wildman–Crippen MR) is 75.2 cm³/mol. The maximum atomic E-state index is 12.4. The molecule has 0 bridgehead atoms. The summed E-state index contributed by atoms with van der Waals surface area (Å²) in [4.78, 5) is 28.4. The molecule has 0 radical (unpaired) electrons. The van der Waals surface area contributed by atoms with Crippen molar-refractivity contribution in [1.82, 2.24) is 15.2 Å². The fraction of sp³-hybridized carbons (Fsp3) is 0.571. The minimum Gasteiger partial charge on any atom is -0.477 e. The largest absolute Gasteiger partial charge is 0.477 e. The molecule has 1 atom stereocenters. The van der Waals surface area contributed by atoms with Gasteiger partial charge in [0.15, 0.2) is 0 Å². The Hall–Kier alpha value is -1.82. The van der Waals surface area contributed by atoms with Gasteiger partial charge in [0.2, 0.25) is 0 Å². The van der Waals surface area contributed by atoms with Crippen LogP contribution in [0.1, 0.15) is 44.9 Å². The average Bonchev–Trinajstić information content (AvgIpc) is 2.65. The Labute approximate surface area is 118 Å². The molecular formula is C14H21N3O3. The Kier molecular flexibility index (Phi) is 4.13. The van der Waals surface area contributed by atoms with E-state index in [1.807, 2.05) is 7.05 Å². The van der Waals surface area contributed by atoms with Crippen molar-refractivity contribution in [2.45, 2.75) is 32.7 Å². The summed E-state index contributed by atoms with van der Waals surface area (Å²) in [6.45, 7) is 5.27. The van der Waals surface area contributed by atoms with Crippen molar-refractivity contribution in [2.24, 2.45) is 0 Å². The van der Waals surface area contributed by atoms with Crippen molar-refractivity contribution in [1.29, 1.82) is 0 Å². The first-order valence-corrected chi connectivity index (χ1v) is 6.82. The topological polar surface area (TPSA) is 85.4 Å². The van der Waals surface area contributed by atoms with Crippen LogP contribution >= 0.6 is 0 Å². The van der Waals surface area contributed by atoms with Gasteiger partial charge in [0.25, 0.3) is 5.91 Å². The molecule has 3 N–H and O–H groups in total. The molecule has 1 aliphatic rings. The molecule has 1 saturated heterocycles. The van der Waals surface area contributed by atoms with E-state index in [2.05, 4.69) is 15.2 Å². The minimum atomic E-state index is -1.04. The van der Waals surface area contributed by atoms with E-state index in [4.69, 9.17) is 5.11 Å². The van der Waals surface area contributed by atoms with Crippen LogP contribution in [0.5, 0.6) is 0 Å². The van der Waals surface area contributed by atoms with Gasteiger partial charge in [0, 0.05) is 18.3 Å². The van der Waals surface area contributed by atoms with Crippen LogP contribution in [0.15, 0.2) is 0 Å². The number of carbonyl (C=O) groups excluding carboxylic acids is 1. The van der Waals surface area contributed by atoms with Gasteiger partial charge in [-0.05, 0) is 45.8 Å². The lowest BCUT2D eigenvalue weighted by Crippen LogP contribution is -2.46. The zero-order chi connectivity index (χ0) is 14.9. The summed E-state index contributed by atoms with van der Waals surface area (Å²) >= 11 is 0. The number of likely N-dealkylation sites (N-methyl/N-ethyl adjacent to an activating group) is 1. The number of likely N-dealkylation sites (tertiary alicyclic amines) is 1. The van der Waals surface area contributed by atoms with Crippen molar-refractivity contribution in [3.63, 3.8) is 0 Å². The Morgan fingerprint density at radius 1 is 1.40 bits per heavy atom. The second-order valence-corrected chi connectivity index (χ2v) is 5.51. The number of nitrogens with zero attached hydrogens (tertiary/aromatic N) is 1. The van der Waals surface area contributed by atoms with Gasteiger partial charge in [-0.3, -0.25) is 4.79 Å². The third-order valence-electron chi connectivity index (χ3n) is 3.84. The van der Waals surface area contributed by atoms with Gasteiger partial charge in [0.05, 0.1) is 5.56 Å². The van der Waals surface area contributed by atoms with Gasteiger partial charge in [-0.2, -0.15) is 0 Å². The van der Waals surface area contributed by atoms with Gasteiger partial charge in [-0.1, -0.05) is 0 Å². The zero-order valence-corrected chi connectivity index (χ0v) is 12.1. The van der Waals surface area contributed by atoms with E-state index >= 15 is 0 Å². The van der Waals surface area contributed by atoms with Crippen LogP contribution in [0.3, 0.4) is 0 Å². The number of hydrogen-bond acceptors (Lipinski definition) is 3. The molecule has 6 heteroatoms. The van der Waals surface area contributed by atoms with E-state index in [-0.39, 0.29) is 17.6 Å². The molecule has 1 aromatic heterocycles. The fourth-order valence-corrected chi connectivity index (χ4v) is 2.85. The molecule has 0 saturated carbocycles. The highest BCUT2D eigenvalue weighted by molar-refractivity contribution is 6.00. The number of H-pyrrole nitrogens is 1. The maximum absolute atomic E-state index is 12.4. The molecule has 110 valence electrons. The van der Waals surface area contributed by atoms with Gasteiger partial charge in [-0.15, -0.1) is 0 Å². The third-order valence-corrected chi connectivity index (χ3v) is 3.84. The number of nitrogens with one attached hydrogen (secondary N) is 2. The molecule has 1 fully saturated rings. The summed E-state index contributed by atoms with van der Waals surface area (Å²) in [5.41, 5.74) is 1.64. The van der Waals surface area contributed by atoms with E-state index < -0.39 is 5.97 Å². The van der Waals surface area contributed by atoms with Crippen LogP contribution in [0.2, 0.25) is 0 Å². The second kappa shape index (κ2) is 5.66. The van der Waals surface area contributed by atoms with Crippen molar-refractivity contribution >= 4 is 11.9 Å². The summed E-state index contributed by atoms with van der Waals surface area (Å²) in [6.07, 6.45) is 2.03. The van der Waals surface area contributed by atoms with E-state index in [0.717, 1.165) is 25.9 Å². The average molecular weight is 279 g/mol. The van der Waals surface area contributed by atoms with Crippen LogP contribution in [-0.2, 0) is 0 Å². The summed E-state index contributed by atoms with van der Waals surface area (Å²) < 4.78 is 0. The Balaban J connectivity index is 2.15. The van der Waals surface area contributed by atoms with Crippen molar-refractivity contribution in [3.8, 4) is 0 Å². The monoisotopic (exact) mass is 279 g/mol. The van der Waals surface area contributed by atoms with E-state index in [0.29, 0.717) is 16.8 Å². The first kappa shape index (κ1) is 14.6. The number of piperidine rings is 1. The highest BCUT2D eigenvalue weighted by Gasteiger charge is 2.24. The van der Waals surface area contributed by atoms with Crippen LogP contribution in [-0.4, -0.2) is 53.0 Å². The number of aromatic nitrogens is 1. The van der Waals surface area contributed by atoms with Crippen LogP contribution in [0, 0.1) is 13.8 Å². The summed E-state index contributed by atoms with van der Waals surface area (Å²) in [6, 6.07) is 0.128. The highest BCUT2D eigenvalue weighted by atomic mass is 16.4. The molecule has 1 amide bonds. The van der Waals surface area contributed by atoms with Crippen LogP contribution < -0.4 is 5.32 Å². The van der Waals surface area contributed by atoms with Gasteiger partial charge >= 0.3 is 5.97 Å². The van der Waals surface area contributed by atoms with Crippen molar-refractivity contribution < 1.29 is 14.7 Å². The molecule has 1 aromatic rings. The molecule has 2 rings (SSSR count). The molecule has 20 heavy (non-hydrogen) atoms. The lowest BCUT2D eigenvalue weighted by Gasteiger charge is -2.30. The Morgan fingerprint density at radius 3 is 2.65 bits per heavy atom. The lowest BCUT2D eigenvalue weighted by atomic mass is 10.0. The predicted octanol–water partition coefficient (Wildman–Crippen LogP) is 1.15. The molecule has 0 aromatic carbocycles. The number of carboxylic acids is 1. The molecule has 1 unspecified atom stereocenters. The molecule has 0 aliphatic carbocycles. The summed E-state index contributed by atoms with van der Waals surface area (Å²) in [5.74, 6) is -1.23. The van der Waals surface area contributed by atoms with Crippen molar-refractivity contribution in [2.75, 3.05) is 20.1 Å². The number of carbonyl (C=O) groups is 2. The molecule has 6 nitrogen and oxygen atoms in total. The number of aromatic amines is 1. The SMILES string of the molecule is Cc1[nH]c(C(=O)O)c(C)c1C(=O)NC1CCCN(C)C1. The fourth-order valence-electron chi connectivity index (χ4n) is 2.85. The normalized spacial score (nSPS) is 19.9. The molecule has 1 aliphatic heterocycles. The summed E-state index contributed by atoms with van der Waals surface area (Å²) in [7, 11) is 2.04. The number of rotatable bonds is 3. The number of amides is 1. The first-order valence-electron chi connectivity index (χ1n) is 6.82. The smallest absolute Gasteiger partial charge is 0.352 e. The molecular weight excluding hydrogens is 258 g/mol. The van der Waals surface area contributed by atoms with Gasteiger partial charge < -0.3 is 20.3 Å². The minimum absolute atomic E-state index is 0.0911. The number of aryl methyl sites for hydroxylation is 1. The van der Waals surface area contributed by atoms with Crippen LogP contribution in [0.25, 0.3) is 0 Å². The number of aromatic carboxylic acids is 1. The zero-order valence-electron chi connectivity index (χ0n) is 12.1. The van der Waals surface area contributed by atoms with E-state index in [9.17, 15) is 9.59 Å². The quantitative estimate of drug-likeness (QED) is 0.775. The second-order valence-electron chi connectivity index (χ2n) is 5.51. The highest BCUT2D eigenvalue weighted by Crippen LogP contribution is 2.18. The van der Waals surface area contributed by atoms with Crippen LogP contribution in [0.4, 0.5) is 0 Å². The van der Waals surface area contributed by atoms with E-state index in [1.165, 1.54) is 0 Å². The van der Waals surface area contributed by atoms with E-state index in [1.54, 1.807) is 13.8 Å². The van der Waals surface area contributed by atoms with Gasteiger partial charge in [0.1, 0.15) is 5.69 Å². The number of carboxylic acid groups (broad SMARTS) is 1. The third kappa shape index (κ3) is 2.85. The lowest BCUT2D eigenvalue weighted by molar-refractivity contribution is 0.0690. The Morgan fingerprint density at radius 2 is 2.10 bits per heavy atom. The molecule has 0 spiro atoms. The van der Waals surface area contributed by atoms with Crippen molar-refractivity contribution in [3.05, 3.63) is 22.5 Å².